The van der Waals surface area contributed by atoms with Crippen molar-refractivity contribution in [2.45, 2.75) is 45.3 Å². The first-order valence-electron chi connectivity index (χ1n) is 6.98. The van der Waals surface area contributed by atoms with Crippen LogP contribution in [0.2, 0.25) is 0 Å². The highest BCUT2D eigenvalue weighted by molar-refractivity contribution is 4.77. The van der Waals surface area contributed by atoms with Gasteiger partial charge < -0.3 is 10.1 Å². The molecule has 3 nitrogen and oxygen atoms in total. The van der Waals surface area contributed by atoms with E-state index >= 15 is 0 Å². The van der Waals surface area contributed by atoms with Crippen LogP contribution in [0, 0.1) is 5.92 Å². The summed E-state index contributed by atoms with van der Waals surface area (Å²) in [5.41, 5.74) is 0. The first kappa shape index (κ1) is 16.7. The predicted molar refractivity (Wildman–Crippen MR) is 68.9 cm³/mol. The van der Waals surface area contributed by atoms with Crippen LogP contribution in [0.15, 0.2) is 0 Å². The molecule has 114 valence electrons. The highest BCUT2D eigenvalue weighted by atomic mass is 19.4. The zero-order chi connectivity index (χ0) is 14.3. The maximum Gasteiger partial charge on any atom is 0.411 e. The molecule has 1 aliphatic heterocycles. The largest absolute Gasteiger partial charge is 0.411 e. The third-order valence-corrected chi connectivity index (χ3v) is 3.20. The van der Waals surface area contributed by atoms with Crippen molar-refractivity contribution in [3.8, 4) is 0 Å². The third-order valence-electron chi connectivity index (χ3n) is 3.20. The minimum absolute atomic E-state index is 0.0769. The van der Waals surface area contributed by atoms with Crippen LogP contribution in [-0.2, 0) is 4.74 Å². The van der Waals surface area contributed by atoms with Gasteiger partial charge in [-0.2, -0.15) is 13.2 Å². The van der Waals surface area contributed by atoms with Crippen LogP contribution in [-0.4, -0.2) is 50.1 Å². The number of rotatable bonds is 7. The number of nitrogens with one attached hydrogen (secondary N) is 1. The molecular weight excluding hydrogens is 257 g/mol. The number of halogens is 3. The van der Waals surface area contributed by atoms with Crippen molar-refractivity contribution < 1.29 is 17.9 Å². The zero-order valence-electron chi connectivity index (χ0n) is 11.8. The van der Waals surface area contributed by atoms with E-state index in [2.05, 4.69) is 19.2 Å². The van der Waals surface area contributed by atoms with E-state index in [1.54, 1.807) is 0 Å². The third kappa shape index (κ3) is 7.74. The van der Waals surface area contributed by atoms with Crippen LogP contribution < -0.4 is 5.32 Å². The van der Waals surface area contributed by atoms with Crippen molar-refractivity contribution in [3.05, 3.63) is 0 Å². The van der Waals surface area contributed by atoms with Crippen molar-refractivity contribution in [2.75, 3.05) is 33.0 Å². The molecule has 1 fully saturated rings. The molecule has 0 spiro atoms. The molecule has 1 N–H and O–H groups in total. The number of likely N-dealkylation sites (tertiary alicyclic amines) is 1. The van der Waals surface area contributed by atoms with Gasteiger partial charge in [0, 0.05) is 19.1 Å². The Kier molecular flexibility index (Phi) is 7.10. The average Bonchev–Trinajstić information content (AvgIpc) is 2.29. The molecule has 0 aliphatic carbocycles. The van der Waals surface area contributed by atoms with Crippen molar-refractivity contribution in [1.29, 1.82) is 0 Å². The molecule has 1 heterocycles. The fraction of sp³-hybridized carbons (Fsp3) is 1.00. The lowest BCUT2D eigenvalue weighted by atomic mass is 10.0. The molecule has 0 amide bonds. The zero-order valence-corrected chi connectivity index (χ0v) is 11.8. The molecule has 0 radical (unpaired) electrons. The summed E-state index contributed by atoms with van der Waals surface area (Å²) in [7, 11) is 0. The summed E-state index contributed by atoms with van der Waals surface area (Å²) < 4.78 is 40.9. The monoisotopic (exact) mass is 282 g/mol. The molecule has 0 saturated carbocycles. The fourth-order valence-corrected chi connectivity index (χ4v) is 2.28. The van der Waals surface area contributed by atoms with Crippen molar-refractivity contribution in [3.63, 3.8) is 0 Å². The summed E-state index contributed by atoms with van der Waals surface area (Å²) in [5.74, 6) is 0.582. The second-order valence-electron chi connectivity index (χ2n) is 5.61. The Balaban J connectivity index is 2.27. The Bertz CT molecular complexity index is 247. The maximum atomic E-state index is 12.0. The Morgan fingerprint density at radius 1 is 1.32 bits per heavy atom. The second kappa shape index (κ2) is 8.07. The molecule has 0 aromatic heterocycles. The van der Waals surface area contributed by atoms with Gasteiger partial charge in [-0.15, -0.1) is 0 Å². The smallest absolute Gasteiger partial charge is 0.357 e. The number of piperidine rings is 1. The molecule has 19 heavy (non-hydrogen) atoms. The summed E-state index contributed by atoms with van der Waals surface area (Å²) in [6, 6.07) is 0.292. The van der Waals surface area contributed by atoms with Gasteiger partial charge in [0.15, 0.2) is 0 Å². The average molecular weight is 282 g/mol. The van der Waals surface area contributed by atoms with Crippen LogP contribution in [0.1, 0.15) is 33.1 Å². The van der Waals surface area contributed by atoms with Gasteiger partial charge in [-0.25, -0.2) is 0 Å². The number of nitrogens with zero attached hydrogens (tertiary/aromatic N) is 1. The van der Waals surface area contributed by atoms with Gasteiger partial charge in [0.1, 0.15) is 6.61 Å². The van der Waals surface area contributed by atoms with E-state index in [9.17, 15) is 13.2 Å². The molecular formula is C13H25F3N2O. The fourth-order valence-electron chi connectivity index (χ4n) is 2.28. The molecule has 1 unspecified atom stereocenters. The number of alkyl halides is 3. The lowest BCUT2D eigenvalue weighted by Crippen LogP contribution is -2.47. The van der Waals surface area contributed by atoms with E-state index in [1.165, 1.54) is 0 Å². The van der Waals surface area contributed by atoms with Crippen molar-refractivity contribution in [2.24, 2.45) is 5.92 Å². The Morgan fingerprint density at radius 3 is 2.68 bits per heavy atom. The van der Waals surface area contributed by atoms with Gasteiger partial charge in [0.25, 0.3) is 0 Å². The number of ether oxygens (including phenoxy) is 1. The maximum absolute atomic E-state index is 12.0. The molecule has 0 aromatic carbocycles. The van der Waals surface area contributed by atoms with E-state index in [4.69, 9.17) is 4.74 Å². The van der Waals surface area contributed by atoms with E-state index in [-0.39, 0.29) is 6.73 Å². The second-order valence-corrected chi connectivity index (χ2v) is 5.61. The standard InChI is InChI=1S/C13H25F3N2O/c1-11(2)7-17-8-12-5-3-4-6-18(12)10-19-9-13(14,15)16/h11-12,17H,3-10H2,1-2H3. The normalized spacial score (nSPS) is 22.1. The predicted octanol–water partition coefficient (Wildman–Crippen LogP) is 2.62. The minimum atomic E-state index is -4.23. The van der Waals surface area contributed by atoms with Crippen LogP contribution in [0.25, 0.3) is 0 Å². The number of hydrogen-bond donors (Lipinski definition) is 1. The SMILES string of the molecule is CC(C)CNCC1CCCCN1COCC(F)(F)F. The first-order valence-corrected chi connectivity index (χ1v) is 6.98. The van der Waals surface area contributed by atoms with E-state index in [0.29, 0.717) is 12.0 Å². The van der Waals surface area contributed by atoms with Crippen LogP contribution in [0.4, 0.5) is 13.2 Å². The highest BCUT2D eigenvalue weighted by Gasteiger charge is 2.29. The number of hydrogen-bond acceptors (Lipinski definition) is 3. The lowest BCUT2D eigenvalue weighted by Gasteiger charge is -2.35. The van der Waals surface area contributed by atoms with Gasteiger partial charge in [-0.3, -0.25) is 4.90 Å². The Hall–Kier alpha value is -0.330. The summed E-state index contributed by atoms with van der Waals surface area (Å²) in [6.07, 6.45) is -1.03. The van der Waals surface area contributed by atoms with Gasteiger partial charge in [-0.05, 0) is 25.3 Å². The van der Waals surface area contributed by atoms with Gasteiger partial charge in [0.05, 0.1) is 6.73 Å². The summed E-state index contributed by atoms with van der Waals surface area (Å²) in [5, 5.41) is 3.37. The molecule has 6 heteroatoms. The molecule has 1 aliphatic rings. The van der Waals surface area contributed by atoms with Crippen LogP contribution in [0.3, 0.4) is 0 Å². The molecule has 1 rings (SSSR count). The topological polar surface area (TPSA) is 24.5 Å². The van der Waals surface area contributed by atoms with Crippen LogP contribution >= 0.6 is 0 Å². The minimum Gasteiger partial charge on any atom is -0.357 e. The first-order chi connectivity index (χ1) is 8.88. The molecule has 1 atom stereocenters. The van der Waals surface area contributed by atoms with Crippen molar-refractivity contribution in [1.82, 2.24) is 10.2 Å². The molecule has 0 aromatic rings. The summed E-state index contributed by atoms with van der Waals surface area (Å²) >= 11 is 0. The highest BCUT2D eigenvalue weighted by Crippen LogP contribution is 2.18. The molecule has 0 bridgehead atoms. The van der Waals surface area contributed by atoms with Gasteiger partial charge in [-0.1, -0.05) is 20.3 Å². The van der Waals surface area contributed by atoms with Gasteiger partial charge >= 0.3 is 6.18 Å². The summed E-state index contributed by atoms with van der Waals surface area (Å²) in [6.45, 7) is 5.78. The van der Waals surface area contributed by atoms with Crippen molar-refractivity contribution >= 4 is 0 Å². The Labute approximate surface area is 113 Å². The van der Waals surface area contributed by atoms with Gasteiger partial charge in [0.2, 0.25) is 0 Å². The summed E-state index contributed by atoms with van der Waals surface area (Å²) in [4.78, 5) is 2.02. The Morgan fingerprint density at radius 2 is 2.05 bits per heavy atom. The van der Waals surface area contributed by atoms with Crippen LogP contribution in [0.5, 0.6) is 0 Å². The molecule has 1 saturated heterocycles. The van der Waals surface area contributed by atoms with E-state index < -0.39 is 12.8 Å². The van der Waals surface area contributed by atoms with E-state index in [1.807, 2.05) is 4.90 Å². The quantitative estimate of drug-likeness (QED) is 0.777. The van der Waals surface area contributed by atoms with E-state index in [0.717, 1.165) is 38.9 Å². The lowest BCUT2D eigenvalue weighted by molar-refractivity contribution is -0.186.